The summed E-state index contributed by atoms with van der Waals surface area (Å²) in [5, 5.41) is 64.7. The van der Waals surface area contributed by atoms with Crippen LogP contribution in [0.15, 0.2) is 259 Å². The molecule has 3 amide bonds. The number of likely N-dealkylation sites (N-methyl/N-ethyl adjacent to an activating group) is 2. The van der Waals surface area contributed by atoms with Crippen LogP contribution in [0.25, 0.3) is 0 Å². The van der Waals surface area contributed by atoms with Gasteiger partial charge in [0.15, 0.2) is 29.9 Å². The molecule has 134 heavy (non-hydrogen) atoms. The molecular formula is C99H104KN15O19. The number of terminal acetylenes is 1. The van der Waals surface area contributed by atoms with Crippen LogP contribution < -0.4 is 96.8 Å². The van der Waals surface area contributed by atoms with Crippen molar-refractivity contribution in [3.05, 3.63) is 327 Å². The third kappa shape index (κ3) is 24.7. The van der Waals surface area contributed by atoms with Gasteiger partial charge in [-0.05, 0) is 128 Å². The Morgan fingerprint density at radius 1 is 0.545 bits per heavy atom. The van der Waals surface area contributed by atoms with Gasteiger partial charge in [0.05, 0.1) is 41.1 Å². The minimum Gasteiger partial charge on any atom is -0.870 e. The number of ether oxygens (including phenoxy) is 4. The molecule has 12 aromatic rings. The van der Waals surface area contributed by atoms with Crippen molar-refractivity contribution in [2.24, 2.45) is 11.0 Å². The normalized spacial score (nSPS) is 19.6. The Hall–Kier alpha value is -13.8. The van der Waals surface area contributed by atoms with E-state index in [0.717, 1.165) is 109 Å². The summed E-state index contributed by atoms with van der Waals surface area (Å²) in [6.07, 6.45) is 10.1. The van der Waals surface area contributed by atoms with E-state index in [1.54, 1.807) is 49.3 Å². The van der Waals surface area contributed by atoms with Gasteiger partial charge in [0.25, 0.3) is 11.8 Å². The summed E-state index contributed by atoms with van der Waals surface area (Å²) < 4.78 is 32.4. The van der Waals surface area contributed by atoms with Crippen molar-refractivity contribution >= 4 is 58.9 Å². The second-order valence-corrected chi connectivity index (χ2v) is 31.8. The molecule has 0 saturated carbocycles. The second-order valence-electron chi connectivity index (χ2n) is 31.8. The van der Waals surface area contributed by atoms with Gasteiger partial charge in [0.2, 0.25) is 11.6 Å². The molecule has 12 heterocycles. The number of anilines is 2. The quantitative estimate of drug-likeness (QED) is 0.0141. The first-order valence-corrected chi connectivity index (χ1v) is 43.5. The first-order valence-electron chi connectivity index (χ1n) is 43.5. The first kappa shape index (κ1) is 101. The molecule has 690 valence electrons. The largest absolute Gasteiger partial charge is 1.00 e. The van der Waals surface area contributed by atoms with Gasteiger partial charge in [-0.2, -0.15) is 15.3 Å². The minimum atomic E-state index is -0.994. The van der Waals surface area contributed by atoms with E-state index >= 15 is 0 Å². The molecule has 8 aliphatic heterocycles. The summed E-state index contributed by atoms with van der Waals surface area (Å²) in [5.41, 5.74) is 18.7. The van der Waals surface area contributed by atoms with Crippen molar-refractivity contribution in [3.8, 4) is 29.8 Å². The number of carboxylic acids is 3. The average Bonchev–Trinajstić information content (AvgIpc) is 1.64. The predicted molar refractivity (Wildman–Crippen MR) is 486 cm³/mol. The number of fused-ring (bicyclic) bond motifs is 6. The number of nitrogens with two attached hydrogens (primary N) is 1. The van der Waals surface area contributed by atoms with Gasteiger partial charge in [0.1, 0.15) is 48.5 Å². The van der Waals surface area contributed by atoms with Crippen molar-refractivity contribution in [3.63, 3.8) is 0 Å². The van der Waals surface area contributed by atoms with Crippen molar-refractivity contribution in [2.45, 2.75) is 138 Å². The Morgan fingerprint density at radius 2 is 0.970 bits per heavy atom. The van der Waals surface area contributed by atoms with Gasteiger partial charge in [-0.3, -0.25) is 33.2 Å². The number of benzene rings is 8. The van der Waals surface area contributed by atoms with Gasteiger partial charge in [0, 0.05) is 99.3 Å². The maximum absolute atomic E-state index is 12.9. The van der Waals surface area contributed by atoms with E-state index in [1.165, 1.54) is 26.5 Å². The number of nitrogens with zero attached hydrogens (tertiary/aromatic N) is 12. The zero-order valence-electron chi connectivity index (χ0n) is 74.7. The summed E-state index contributed by atoms with van der Waals surface area (Å²) in [4.78, 5) is 105. The standard InChI is InChI=1S/C23H22N4O3.C15H16N2O2.C13H12N2O2.C11H12N2O3.C11H10N2O2.C11H13NO2.C10H12N2O2.C5H6O2.K.H2O/c1-26-19-9-5-6-10-21(19)30-14-18(23(26)29)24-22(28)17-13-20-16(11-12-27(20)25-17)15-7-3-2-4-8-15;1-2-19-15(18)13-10-14-12(8-9-17(14)16-13)11-6-4-3-5-7-11;16-13(17)11-8-12-10(6-7-15(12)14-11)9-4-2-1-3-5-9;14-11(15)10-9(6-7-13(10)12-16)8-4-2-1-3-5-8;14-11-10-9(6-7-13(10)12-15-11)8-4-2-1-3-5-8;13-11(14)10-9(6-7-12-10)8-4-2-1-3-5-8;1-12-8-4-2-3-5-9(8)14-6-7(11)10(12)13;1-3-5(6)7-4-2;;/h2-10,13,16,18H,11-12,14H2,1H3,(H,24,28);3-7,10,12H,2,8-9H2,1H3;1-5,8,10H,6-7H2,(H,16,17);1-5,9-10H,6-7H2,(H,14,15);1-5,9H,6-7H2;1-5,9-10,12H,6-7H2,(H,13,14);2-5,7H,6,11H2,1H3;1H,4H2,2H3;;1H2/q;;;;;;;;+1;/p-1/t16-,18+;12-;10-;9-,10+;9-;9-,10+;7-;;;/m1111110.../s1. The number of para-hydroxylation sites is 4. The number of hydrogen-bond acceptors (Lipinski definition) is 23. The van der Waals surface area contributed by atoms with Crippen LogP contribution in [0.5, 0.6) is 17.4 Å². The number of aromatic carboxylic acids is 1. The summed E-state index contributed by atoms with van der Waals surface area (Å²) in [6, 6.07) is 77.5. The van der Waals surface area contributed by atoms with Crippen LogP contribution in [-0.4, -0.2) is 186 Å². The zero-order chi connectivity index (χ0) is 93.3. The SMILES string of the molecule is C#CC(=O)OCC.CCOC(=O)c1cc2n(n1)CC[C@@H]2c1ccccc1.CN1C(=O)[C@@H](N)COc2ccccc21.CN1C(=O)[C@@H](NC(=O)c2cc3n(n2)CC[C@@H]3c2ccccc2)COc2ccccc21.O=C(O)[C@H]1NCC[C@@H]1c1ccccc1.O=C(O)c1cc2n(n1)CC[C@@H]2c1ccccc1.O=NN1CC[C@H](c2ccccc2)[C@H]1C(=O)O.[K+].[O-]c1on[n+]2c1[C@@H](c1ccccc1)CC2.[OH-]. The number of carboxylic acid groups (broad SMARTS) is 3. The fourth-order valence-corrected chi connectivity index (χ4v) is 17.3. The third-order valence-corrected chi connectivity index (χ3v) is 23.7. The van der Waals surface area contributed by atoms with Gasteiger partial charge in [-0.25, -0.2) is 24.2 Å². The average molecular weight is 1850 g/mol. The minimum absolute atomic E-state index is 0. The maximum atomic E-state index is 12.9. The Labute approximate surface area is 816 Å². The number of rotatable bonds is 15. The van der Waals surface area contributed by atoms with Crippen molar-refractivity contribution in [2.75, 3.05) is 63.4 Å². The van der Waals surface area contributed by atoms with Crippen LogP contribution in [-0.2, 0) is 59.6 Å². The van der Waals surface area contributed by atoms with Crippen LogP contribution in [0.3, 0.4) is 0 Å². The number of nitrogens with one attached hydrogen (secondary N) is 2. The number of amides is 3. The molecule has 2 fully saturated rings. The molecule has 34 nitrogen and oxygen atoms in total. The van der Waals surface area contributed by atoms with Crippen LogP contribution in [0.1, 0.15) is 176 Å². The van der Waals surface area contributed by atoms with Crippen molar-refractivity contribution in [1.29, 1.82) is 0 Å². The second kappa shape index (κ2) is 48.5. The summed E-state index contributed by atoms with van der Waals surface area (Å²) >= 11 is 0. The molecule has 2 saturated heterocycles. The Kier molecular flexibility index (Phi) is 36.5. The number of aryl methyl sites for hydroxylation is 4. The molecule has 10 atom stereocenters. The molecule has 20 rings (SSSR count). The number of carbonyl (C=O) groups excluding carboxylic acids is 5. The number of aliphatic carboxylic acids is 2. The van der Waals surface area contributed by atoms with Crippen LogP contribution >= 0.6 is 0 Å². The number of esters is 2. The molecule has 0 unspecified atom stereocenters. The molecule has 0 bridgehead atoms. The zero-order valence-corrected chi connectivity index (χ0v) is 77.8. The maximum Gasteiger partial charge on any atom is 1.00 e. The fourth-order valence-electron chi connectivity index (χ4n) is 17.3. The van der Waals surface area contributed by atoms with E-state index in [9.17, 15) is 48.4 Å². The van der Waals surface area contributed by atoms with Crippen molar-refractivity contribution in [1.82, 2.24) is 50.3 Å². The topological polar surface area (TPSA) is 460 Å². The van der Waals surface area contributed by atoms with Gasteiger partial charge in [-0.15, -0.1) is 11.3 Å². The molecule has 4 aromatic heterocycles. The molecule has 0 radical (unpaired) electrons. The van der Waals surface area contributed by atoms with E-state index in [2.05, 4.69) is 88.6 Å². The van der Waals surface area contributed by atoms with Gasteiger partial charge < -0.3 is 75.5 Å². The Bertz CT molecular complexity index is 6000. The summed E-state index contributed by atoms with van der Waals surface area (Å²) in [7, 11) is 3.39. The number of hydrogen-bond donors (Lipinski definition) is 6. The summed E-state index contributed by atoms with van der Waals surface area (Å²) in [5.74, 6) is -0.581. The van der Waals surface area contributed by atoms with Crippen LogP contribution in [0.4, 0.5) is 11.4 Å². The van der Waals surface area contributed by atoms with E-state index in [-0.39, 0.29) is 135 Å². The third-order valence-electron chi connectivity index (χ3n) is 23.7. The Balaban J connectivity index is 0.000000151. The van der Waals surface area contributed by atoms with E-state index < -0.39 is 48.0 Å². The molecule has 0 spiro atoms. The number of carbonyl (C=O) groups is 8. The molecule has 0 aliphatic carbocycles. The van der Waals surface area contributed by atoms with Crippen LogP contribution in [0, 0.1) is 17.3 Å². The molecule has 8 aromatic carbocycles. The van der Waals surface area contributed by atoms with E-state index in [1.807, 2.05) is 216 Å². The predicted octanol–water partition coefficient (Wildman–Crippen LogP) is 8.06. The molecule has 35 heteroatoms. The van der Waals surface area contributed by atoms with E-state index in [4.69, 9.17) is 35.3 Å². The van der Waals surface area contributed by atoms with Gasteiger partial charge in [-0.1, -0.05) is 211 Å². The summed E-state index contributed by atoms with van der Waals surface area (Å²) in [6.45, 7) is 8.92. The monoisotopic (exact) mass is 1850 g/mol. The first-order chi connectivity index (χ1) is 64.1. The van der Waals surface area contributed by atoms with E-state index in [0.29, 0.717) is 66.4 Å². The fraction of sp³-hybridized carbons (Fsp3) is 0.303. The van der Waals surface area contributed by atoms with Crippen LogP contribution in [0.2, 0.25) is 0 Å². The number of nitroso groups, excluding NO2 is 1. The Morgan fingerprint density at radius 3 is 1.43 bits per heavy atom. The van der Waals surface area contributed by atoms with Gasteiger partial charge >= 0.3 is 81.2 Å². The van der Waals surface area contributed by atoms with Crippen molar-refractivity contribution < 1.29 is 144 Å². The molecule has 8 N–H and O–H groups in total. The molecular weight excluding hydrogens is 1740 g/mol. The smallest absolute Gasteiger partial charge is 0.870 e. The molecule has 8 aliphatic rings. The number of aromatic nitrogens is 8.